The molecule has 1 aromatic rings. The van der Waals surface area contributed by atoms with Gasteiger partial charge in [-0.25, -0.2) is 4.79 Å². The molecule has 0 radical (unpaired) electrons. The second-order valence-electron chi connectivity index (χ2n) is 6.64. The van der Waals surface area contributed by atoms with Crippen molar-refractivity contribution in [3.05, 3.63) is 39.4 Å². The molecule has 2 amide bonds. The summed E-state index contributed by atoms with van der Waals surface area (Å²) in [5.74, 6) is 0. The molecule has 24 heavy (non-hydrogen) atoms. The first-order chi connectivity index (χ1) is 11.3. The van der Waals surface area contributed by atoms with E-state index < -0.39 is 10.5 Å². The Bertz CT molecular complexity index is 612. The van der Waals surface area contributed by atoms with Crippen LogP contribution in [0.2, 0.25) is 0 Å². The minimum Gasteiger partial charge on any atom is -0.388 e. The third-order valence-electron chi connectivity index (χ3n) is 4.64. The molecule has 1 aromatic carbocycles. The van der Waals surface area contributed by atoms with E-state index in [0.29, 0.717) is 24.0 Å². The molecule has 0 heterocycles. The van der Waals surface area contributed by atoms with Crippen molar-refractivity contribution in [1.82, 2.24) is 10.6 Å². The van der Waals surface area contributed by atoms with Gasteiger partial charge in [-0.2, -0.15) is 0 Å². The van der Waals surface area contributed by atoms with Crippen LogP contribution in [0.15, 0.2) is 18.2 Å². The Balaban J connectivity index is 1.91. The Morgan fingerprint density at radius 3 is 2.67 bits per heavy atom. The summed E-state index contributed by atoms with van der Waals surface area (Å²) in [6.07, 6.45) is 4.48. The summed E-state index contributed by atoms with van der Waals surface area (Å²) in [5, 5.41) is 26.9. The van der Waals surface area contributed by atoms with Gasteiger partial charge in [-0.1, -0.05) is 31.4 Å². The van der Waals surface area contributed by atoms with E-state index in [1.165, 1.54) is 6.07 Å². The standard InChI is InChI=1S/C17H25N3O4/c1-12-6-7-14(10-15(12)20(23)24)13(2)19-16(21)18-11-17(22)8-4-3-5-9-17/h6-7,10,13,22H,3-5,8-9,11H2,1-2H3,(H2,18,19,21). The third-order valence-corrected chi connectivity index (χ3v) is 4.64. The maximum Gasteiger partial charge on any atom is 0.315 e. The number of hydrogen-bond acceptors (Lipinski definition) is 4. The van der Waals surface area contributed by atoms with Crippen molar-refractivity contribution in [3.8, 4) is 0 Å². The number of carbonyl (C=O) groups is 1. The summed E-state index contributed by atoms with van der Waals surface area (Å²) in [6.45, 7) is 3.67. The van der Waals surface area contributed by atoms with E-state index in [1.807, 2.05) is 0 Å². The van der Waals surface area contributed by atoms with Gasteiger partial charge < -0.3 is 15.7 Å². The van der Waals surface area contributed by atoms with Gasteiger partial charge in [-0.3, -0.25) is 10.1 Å². The van der Waals surface area contributed by atoms with Crippen LogP contribution in [-0.2, 0) is 0 Å². The summed E-state index contributed by atoms with van der Waals surface area (Å²) in [6, 6.07) is 4.17. The van der Waals surface area contributed by atoms with E-state index >= 15 is 0 Å². The molecule has 1 unspecified atom stereocenters. The summed E-state index contributed by atoms with van der Waals surface area (Å²) >= 11 is 0. The van der Waals surface area contributed by atoms with Crippen molar-refractivity contribution in [3.63, 3.8) is 0 Å². The molecule has 0 saturated heterocycles. The minimum absolute atomic E-state index is 0.0399. The van der Waals surface area contributed by atoms with E-state index in [9.17, 15) is 20.0 Å². The number of urea groups is 1. The Labute approximate surface area is 141 Å². The fraction of sp³-hybridized carbons (Fsp3) is 0.588. The number of rotatable bonds is 5. The number of aliphatic hydroxyl groups is 1. The number of nitrogens with one attached hydrogen (secondary N) is 2. The lowest BCUT2D eigenvalue weighted by atomic mass is 9.85. The first-order valence-electron chi connectivity index (χ1n) is 8.32. The van der Waals surface area contributed by atoms with Crippen LogP contribution in [0.3, 0.4) is 0 Å². The first kappa shape index (κ1) is 18.2. The Kier molecular flexibility index (Phi) is 5.77. The van der Waals surface area contributed by atoms with Crippen LogP contribution in [0.5, 0.6) is 0 Å². The van der Waals surface area contributed by atoms with Gasteiger partial charge in [0.2, 0.25) is 0 Å². The molecule has 0 bridgehead atoms. The lowest BCUT2D eigenvalue weighted by molar-refractivity contribution is -0.385. The van der Waals surface area contributed by atoms with Gasteiger partial charge in [-0.05, 0) is 32.3 Å². The second kappa shape index (κ2) is 7.61. The summed E-state index contributed by atoms with van der Waals surface area (Å²) in [4.78, 5) is 22.6. The molecule has 0 spiro atoms. The quantitative estimate of drug-likeness (QED) is 0.568. The van der Waals surface area contributed by atoms with Crippen LogP contribution in [0.25, 0.3) is 0 Å². The zero-order valence-corrected chi connectivity index (χ0v) is 14.2. The molecule has 132 valence electrons. The highest BCUT2D eigenvalue weighted by Gasteiger charge is 2.29. The highest BCUT2D eigenvalue weighted by atomic mass is 16.6. The predicted octanol–water partition coefficient (Wildman–Crippen LogP) is 2.96. The van der Waals surface area contributed by atoms with E-state index in [0.717, 1.165) is 19.3 Å². The van der Waals surface area contributed by atoms with Gasteiger partial charge in [0.05, 0.1) is 16.6 Å². The fourth-order valence-corrected chi connectivity index (χ4v) is 3.05. The van der Waals surface area contributed by atoms with Crippen molar-refractivity contribution >= 4 is 11.7 Å². The molecule has 0 aromatic heterocycles. The van der Waals surface area contributed by atoms with Gasteiger partial charge >= 0.3 is 6.03 Å². The van der Waals surface area contributed by atoms with Crippen LogP contribution in [0.4, 0.5) is 10.5 Å². The Morgan fingerprint density at radius 1 is 1.38 bits per heavy atom. The monoisotopic (exact) mass is 335 g/mol. The molecule has 0 aliphatic heterocycles. The van der Waals surface area contributed by atoms with Crippen molar-refractivity contribution < 1.29 is 14.8 Å². The number of hydrogen-bond donors (Lipinski definition) is 3. The molecular formula is C17H25N3O4. The Hall–Kier alpha value is -2.15. The zero-order valence-electron chi connectivity index (χ0n) is 14.2. The van der Waals surface area contributed by atoms with Gasteiger partial charge in [0.25, 0.3) is 5.69 Å². The van der Waals surface area contributed by atoms with E-state index in [-0.39, 0.29) is 24.3 Å². The smallest absolute Gasteiger partial charge is 0.315 e. The fourth-order valence-electron chi connectivity index (χ4n) is 3.05. The summed E-state index contributed by atoms with van der Waals surface area (Å²) in [5.41, 5.74) is 0.471. The molecule has 1 saturated carbocycles. The second-order valence-corrected chi connectivity index (χ2v) is 6.64. The minimum atomic E-state index is -0.818. The Morgan fingerprint density at radius 2 is 2.04 bits per heavy atom. The number of nitro groups is 1. The highest BCUT2D eigenvalue weighted by molar-refractivity contribution is 5.74. The molecule has 3 N–H and O–H groups in total. The molecule has 1 atom stereocenters. The van der Waals surface area contributed by atoms with Gasteiger partial charge in [-0.15, -0.1) is 0 Å². The molecular weight excluding hydrogens is 310 g/mol. The molecule has 1 fully saturated rings. The average molecular weight is 335 g/mol. The van der Waals surface area contributed by atoms with Crippen LogP contribution in [0.1, 0.15) is 56.2 Å². The van der Waals surface area contributed by atoms with Crippen molar-refractivity contribution in [1.29, 1.82) is 0 Å². The number of benzene rings is 1. The number of nitrogens with zero attached hydrogens (tertiary/aromatic N) is 1. The maximum absolute atomic E-state index is 12.0. The maximum atomic E-state index is 12.0. The van der Waals surface area contributed by atoms with Crippen LogP contribution >= 0.6 is 0 Å². The van der Waals surface area contributed by atoms with Crippen molar-refractivity contribution in [2.24, 2.45) is 0 Å². The molecule has 7 heteroatoms. The largest absolute Gasteiger partial charge is 0.388 e. The average Bonchev–Trinajstić information content (AvgIpc) is 2.54. The van der Waals surface area contributed by atoms with E-state index in [2.05, 4.69) is 10.6 Å². The van der Waals surface area contributed by atoms with Crippen LogP contribution in [-0.4, -0.2) is 28.2 Å². The summed E-state index contributed by atoms with van der Waals surface area (Å²) in [7, 11) is 0. The number of aryl methyl sites for hydroxylation is 1. The lowest BCUT2D eigenvalue weighted by Gasteiger charge is -2.32. The molecule has 7 nitrogen and oxygen atoms in total. The van der Waals surface area contributed by atoms with Crippen molar-refractivity contribution in [2.75, 3.05) is 6.54 Å². The zero-order chi connectivity index (χ0) is 17.7. The number of nitro benzene ring substituents is 1. The van der Waals surface area contributed by atoms with Crippen LogP contribution < -0.4 is 10.6 Å². The van der Waals surface area contributed by atoms with Crippen LogP contribution in [0, 0.1) is 17.0 Å². The van der Waals surface area contributed by atoms with Gasteiger partial charge in [0.15, 0.2) is 0 Å². The molecule has 1 aliphatic rings. The summed E-state index contributed by atoms with van der Waals surface area (Å²) < 4.78 is 0. The topological polar surface area (TPSA) is 104 Å². The molecule has 2 rings (SSSR count). The van der Waals surface area contributed by atoms with Gasteiger partial charge in [0.1, 0.15) is 0 Å². The SMILES string of the molecule is Cc1ccc(C(C)NC(=O)NCC2(O)CCCCC2)cc1[N+](=O)[O-]. The normalized spacial score (nSPS) is 17.8. The third kappa shape index (κ3) is 4.67. The predicted molar refractivity (Wildman–Crippen MR) is 90.8 cm³/mol. The van der Waals surface area contributed by atoms with E-state index in [1.54, 1.807) is 26.0 Å². The van der Waals surface area contributed by atoms with Crippen molar-refractivity contribution in [2.45, 2.75) is 57.6 Å². The highest BCUT2D eigenvalue weighted by Crippen LogP contribution is 2.27. The van der Waals surface area contributed by atoms with E-state index in [4.69, 9.17) is 0 Å². The number of carbonyl (C=O) groups excluding carboxylic acids is 1. The number of amides is 2. The first-order valence-corrected chi connectivity index (χ1v) is 8.32. The lowest BCUT2D eigenvalue weighted by Crippen LogP contribution is -2.47. The van der Waals surface area contributed by atoms with Gasteiger partial charge in [0, 0.05) is 18.2 Å². The molecule has 1 aliphatic carbocycles.